The van der Waals surface area contributed by atoms with E-state index in [2.05, 4.69) is 17.0 Å². The number of carbonyl (C=O) groups excluding carboxylic acids is 1. The highest BCUT2D eigenvalue weighted by Gasteiger charge is 2.31. The van der Waals surface area contributed by atoms with Gasteiger partial charge in [-0.2, -0.15) is 4.31 Å². The van der Waals surface area contributed by atoms with E-state index in [1.807, 2.05) is 51.1 Å². The van der Waals surface area contributed by atoms with Gasteiger partial charge in [0.25, 0.3) is 0 Å². The maximum Gasteiger partial charge on any atom is 0.243 e. The molecule has 0 saturated carbocycles. The van der Waals surface area contributed by atoms with Crippen LogP contribution in [0.1, 0.15) is 23.6 Å². The zero-order valence-corrected chi connectivity index (χ0v) is 18.9. The lowest BCUT2D eigenvalue weighted by Crippen LogP contribution is -2.52. The standard InChI is InChI=1S/C23H31N3O3S/c1-4-24(17-21-8-6-5-7-9-21)18-23(27)25-12-14-26(15-13-25)30(28,29)22-11-10-19(2)16-20(22)3/h5-11,16H,4,12-15,17-18H2,1-3H3. The van der Waals surface area contributed by atoms with E-state index in [1.165, 1.54) is 9.87 Å². The van der Waals surface area contributed by atoms with Gasteiger partial charge in [0.1, 0.15) is 0 Å². The average Bonchev–Trinajstić information content (AvgIpc) is 2.73. The first kappa shape index (κ1) is 22.5. The molecule has 0 bridgehead atoms. The number of likely N-dealkylation sites (N-methyl/N-ethyl adjacent to an activating group) is 1. The highest BCUT2D eigenvalue weighted by molar-refractivity contribution is 7.89. The van der Waals surface area contributed by atoms with Crippen molar-refractivity contribution in [3.8, 4) is 0 Å². The Labute approximate surface area is 180 Å². The normalized spacial score (nSPS) is 15.5. The van der Waals surface area contributed by atoms with E-state index in [0.29, 0.717) is 37.6 Å². The van der Waals surface area contributed by atoms with Crippen LogP contribution in [0.4, 0.5) is 0 Å². The lowest BCUT2D eigenvalue weighted by atomic mass is 10.2. The summed E-state index contributed by atoms with van der Waals surface area (Å²) in [5.74, 6) is 0.0522. The van der Waals surface area contributed by atoms with Crippen LogP contribution in [0.15, 0.2) is 53.4 Å². The van der Waals surface area contributed by atoms with Crippen molar-refractivity contribution in [1.29, 1.82) is 0 Å². The van der Waals surface area contributed by atoms with Gasteiger partial charge < -0.3 is 4.90 Å². The third-order valence-corrected chi connectivity index (χ3v) is 7.65. The van der Waals surface area contributed by atoms with Gasteiger partial charge >= 0.3 is 0 Å². The van der Waals surface area contributed by atoms with Gasteiger partial charge in [0.2, 0.25) is 15.9 Å². The number of carbonyl (C=O) groups is 1. The zero-order chi connectivity index (χ0) is 21.7. The second kappa shape index (κ2) is 9.73. The summed E-state index contributed by atoms with van der Waals surface area (Å²) in [5, 5.41) is 0. The third-order valence-electron chi connectivity index (χ3n) is 5.59. The minimum atomic E-state index is -3.54. The Hall–Kier alpha value is -2.22. The van der Waals surface area contributed by atoms with Crippen molar-refractivity contribution in [2.45, 2.75) is 32.2 Å². The molecule has 0 radical (unpaired) electrons. The Bertz CT molecular complexity index is 968. The molecule has 6 nitrogen and oxygen atoms in total. The molecule has 0 N–H and O–H groups in total. The molecule has 2 aromatic carbocycles. The van der Waals surface area contributed by atoms with Crippen LogP contribution in [0.3, 0.4) is 0 Å². The van der Waals surface area contributed by atoms with E-state index in [-0.39, 0.29) is 5.91 Å². The number of piperazine rings is 1. The van der Waals surface area contributed by atoms with Gasteiger partial charge in [-0.15, -0.1) is 0 Å². The molecule has 1 saturated heterocycles. The van der Waals surface area contributed by atoms with Crippen molar-refractivity contribution in [3.05, 3.63) is 65.2 Å². The fourth-order valence-electron chi connectivity index (χ4n) is 3.82. The summed E-state index contributed by atoms with van der Waals surface area (Å²) >= 11 is 0. The molecule has 0 spiro atoms. The smallest absolute Gasteiger partial charge is 0.243 e. The maximum atomic E-state index is 13.0. The van der Waals surface area contributed by atoms with Crippen molar-refractivity contribution >= 4 is 15.9 Å². The second-order valence-electron chi connectivity index (χ2n) is 7.84. The van der Waals surface area contributed by atoms with Crippen molar-refractivity contribution in [3.63, 3.8) is 0 Å². The van der Waals surface area contributed by atoms with E-state index >= 15 is 0 Å². The molecule has 1 aliphatic rings. The Kier molecular flexibility index (Phi) is 7.28. The summed E-state index contributed by atoms with van der Waals surface area (Å²) in [7, 11) is -3.54. The fraction of sp³-hybridized carbons (Fsp3) is 0.435. The average molecular weight is 430 g/mol. The van der Waals surface area contributed by atoms with E-state index < -0.39 is 10.0 Å². The van der Waals surface area contributed by atoms with E-state index in [4.69, 9.17) is 0 Å². The largest absolute Gasteiger partial charge is 0.339 e. The number of amides is 1. The van der Waals surface area contributed by atoms with Crippen LogP contribution < -0.4 is 0 Å². The predicted molar refractivity (Wildman–Crippen MR) is 119 cm³/mol. The molecule has 3 rings (SSSR count). The van der Waals surface area contributed by atoms with Crippen LogP contribution in [0, 0.1) is 13.8 Å². The van der Waals surface area contributed by atoms with Crippen molar-refractivity contribution < 1.29 is 13.2 Å². The van der Waals surface area contributed by atoms with Crippen LogP contribution in [0.25, 0.3) is 0 Å². The van der Waals surface area contributed by atoms with Gasteiger partial charge in [0.15, 0.2) is 0 Å². The van der Waals surface area contributed by atoms with Crippen LogP contribution in [0.5, 0.6) is 0 Å². The molecule has 30 heavy (non-hydrogen) atoms. The van der Waals surface area contributed by atoms with E-state index in [9.17, 15) is 13.2 Å². The number of hydrogen-bond acceptors (Lipinski definition) is 4. The molecule has 1 heterocycles. The van der Waals surface area contributed by atoms with Gasteiger partial charge in [-0.1, -0.05) is 55.0 Å². The van der Waals surface area contributed by atoms with E-state index in [1.54, 1.807) is 11.0 Å². The number of rotatable bonds is 7. The first-order valence-corrected chi connectivity index (χ1v) is 11.9. The van der Waals surface area contributed by atoms with Crippen LogP contribution in [-0.2, 0) is 21.4 Å². The summed E-state index contributed by atoms with van der Waals surface area (Å²) in [6.45, 7) is 9.17. The highest BCUT2D eigenvalue weighted by atomic mass is 32.2. The van der Waals surface area contributed by atoms with Crippen LogP contribution >= 0.6 is 0 Å². The van der Waals surface area contributed by atoms with Crippen molar-refractivity contribution in [1.82, 2.24) is 14.1 Å². The molecule has 1 fully saturated rings. The highest BCUT2D eigenvalue weighted by Crippen LogP contribution is 2.22. The molecule has 0 atom stereocenters. The summed E-state index contributed by atoms with van der Waals surface area (Å²) in [5.41, 5.74) is 2.97. The van der Waals surface area contributed by atoms with Crippen LogP contribution in [0.2, 0.25) is 0 Å². The molecule has 0 aromatic heterocycles. The minimum Gasteiger partial charge on any atom is -0.339 e. The first-order valence-electron chi connectivity index (χ1n) is 10.4. The number of aryl methyl sites for hydroxylation is 2. The van der Waals surface area contributed by atoms with Crippen molar-refractivity contribution in [2.24, 2.45) is 0 Å². The number of hydrogen-bond donors (Lipinski definition) is 0. The summed E-state index contributed by atoms with van der Waals surface area (Å²) in [4.78, 5) is 17.0. The number of sulfonamides is 1. The topological polar surface area (TPSA) is 60.9 Å². The molecule has 2 aromatic rings. The van der Waals surface area contributed by atoms with Gasteiger partial charge in [-0.25, -0.2) is 8.42 Å². The summed E-state index contributed by atoms with van der Waals surface area (Å²) < 4.78 is 27.6. The molecule has 1 amide bonds. The van der Waals surface area contributed by atoms with Gasteiger partial charge in [0.05, 0.1) is 11.4 Å². The predicted octanol–water partition coefficient (Wildman–Crippen LogP) is 2.66. The van der Waals surface area contributed by atoms with Gasteiger partial charge in [-0.3, -0.25) is 9.69 Å². The molecule has 0 aliphatic carbocycles. The van der Waals surface area contributed by atoms with Crippen LogP contribution in [-0.4, -0.2) is 67.7 Å². The third kappa shape index (κ3) is 5.28. The molecule has 0 unspecified atom stereocenters. The molecule has 1 aliphatic heterocycles. The summed E-state index contributed by atoms with van der Waals surface area (Å²) in [6, 6.07) is 15.5. The van der Waals surface area contributed by atoms with Crippen molar-refractivity contribution in [2.75, 3.05) is 39.3 Å². The van der Waals surface area contributed by atoms with Gasteiger partial charge in [0, 0.05) is 32.7 Å². The molecule has 7 heteroatoms. The molecular formula is C23H31N3O3S. The van der Waals surface area contributed by atoms with E-state index in [0.717, 1.165) is 24.2 Å². The molecule has 162 valence electrons. The molecular weight excluding hydrogens is 398 g/mol. The SMILES string of the molecule is CCN(CC(=O)N1CCN(S(=O)(=O)c2ccc(C)cc2C)CC1)Cc1ccccc1. The first-order chi connectivity index (χ1) is 14.3. The monoisotopic (exact) mass is 429 g/mol. The number of benzene rings is 2. The lowest BCUT2D eigenvalue weighted by molar-refractivity contribution is -0.133. The van der Waals surface area contributed by atoms with Gasteiger partial charge in [-0.05, 0) is 37.6 Å². The Morgan fingerprint density at radius 2 is 1.67 bits per heavy atom. The fourth-order valence-corrected chi connectivity index (χ4v) is 5.45. The Balaban J connectivity index is 1.58. The zero-order valence-electron chi connectivity index (χ0n) is 18.0. The number of nitrogens with zero attached hydrogens (tertiary/aromatic N) is 3. The lowest BCUT2D eigenvalue weighted by Gasteiger charge is -2.35. The minimum absolute atomic E-state index is 0.0522. The Morgan fingerprint density at radius 3 is 2.27 bits per heavy atom. The quantitative estimate of drug-likeness (QED) is 0.679. The second-order valence-corrected chi connectivity index (χ2v) is 9.75. The summed E-state index contributed by atoms with van der Waals surface area (Å²) in [6.07, 6.45) is 0. The maximum absolute atomic E-state index is 13.0. The Morgan fingerprint density at radius 1 is 1.00 bits per heavy atom.